The Morgan fingerprint density at radius 2 is 1.22 bits per heavy atom. The van der Waals surface area contributed by atoms with Gasteiger partial charge in [0.05, 0.1) is 0 Å². The van der Waals surface area contributed by atoms with Gasteiger partial charge in [-0.15, -0.1) is 0 Å². The Kier molecular flexibility index (Phi) is 6.67. The Hall–Kier alpha value is -0.736. The zero-order valence-electron chi connectivity index (χ0n) is 4.31. The minimum atomic E-state index is -1.26. The molecule has 0 bridgehead atoms. The molecule has 0 saturated carbocycles. The first-order valence-corrected chi connectivity index (χ1v) is 1.77. The molecule has 0 amide bonds. The molecule has 0 spiro atoms. The Morgan fingerprint density at radius 1 is 1.00 bits per heavy atom. The van der Waals surface area contributed by atoms with Gasteiger partial charge < -0.3 is 10.2 Å². The third-order valence-electron chi connectivity index (χ3n) is 0.368. The first kappa shape index (κ1) is 11.1. The molecule has 0 aromatic carbocycles. The Morgan fingerprint density at radius 3 is 1.33 bits per heavy atom. The normalized spacial score (nSPS) is 8.44. The Labute approximate surface area is 63.1 Å². The summed E-state index contributed by atoms with van der Waals surface area (Å²) < 4.78 is 0. The van der Waals surface area contributed by atoms with Gasteiger partial charge in [0.2, 0.25) is 0 Å². The molecule has 2 N–H and O–H groups in total. The Balaban J connectivity index is 0. The number of hydrogen-bond donors (Lipinski definition) is 2. The number of carboxylic acid groups (broad SMARTS) is 2. The van der Waals surface area contributed by atoms with Crippen LogP contribution >= 0.6 is 0 Å². The van der Waals surface area contributed by atoms with Crippen LogP contribution in [0.2, 0.25) is 0 Å². The molecule has 5 heteroatoms. The maximum atomic E-state index is 9.55. The third kappa shape index (κ3) is 11.1. The second kappa shape index (κ2) is 5.40. The molecule has 1 radical (unpaired) electrons. The van der Waals surface area contributed by atoms with E-state index in [4.69, 9.17) is 10.2 Å². The second-order valence-corrected chi connectivity index (χ2v) is 1.01. The molecule has 4 nitrogen and oxygen atoms in total. The smallest absolute Gasteiger partial charge is 0.328 e. The molecule has 0 aliphatic rings. The summed E-state index contributed by atoms with van der Waals surface area (Å²) in [7, 11) is 0. The third-order valence-corrected chi connectivity index (χ3v) is 0.368. The van der Waals surface area contributed by atoms with E-state index in [1.165, 1.54) is 0 Å². The standard InChI is InChI=1S/C4H4O4.V/c5-3(6)1-2-4(7)8;/h1-2H,(H,5,6)(H,7,8);/b2-1+;. The number of aliphatic carboxylic acids is 2. The molecular weight excluding hydrogens is 163 g/mol. The average Bonchev–Trinajstić information content (AvgIpc) is 1.61. The van der Waals surface area contributed by atoms with E-state index >= 15 is 0 Å². The van der Waals surface area contributed by atoms with Crippen LogP contribution < -0.4 is 0 Å². The fourth-order valence-electron chi connectivity index (χ4n) is 0.143. The molecule has 0 aliphatic carbocycles. The Bertz CT molecular complexity index is 124. The summed E-state index contributed by atoms with van der Waals surface area (Å²) in [6.07, 6.45) is 1.12. The topological polar surface area (TPSA) is 74.6 Å². The molecule has 0 heterocycles. The molecular formula is C4H4O4V. The summed E-state index contributed by atoms with van der Waals surface area (Å²) in [5.74, 6) is -2.51. The van der Waals surface area contributed by atoms with Crippen LogP contribution in [0.4, 0.5) is 0 Å². The molecule has 0 unspecified atom stereocenters. The predicted molar refractivity (Wildman–Crippen MR) is 24.4 cm³/mol. The molecule has 0 fully saturated rings. The van der Waals surface area contributed by atoms with E-state index in [0.29, 0.717) is 12.2 Å². The SMILES string of the molecule is O=C(O)/C=C/C(=O)O.[V]. The van der Waals surface area contributed by atoms with Crippen molar-refractivity contribution in [2.75, 3.05) is 0 Å². The van der Waals surface area contributed by atoms with E-state index in [-0.39, 0.29) is 18.6 Å². The monoisotopic (exact) mass is 167 g/mol. The minimum Gasteiger partial charge on any atom is -0.478 e. The minimum absolute atomic E-state index is 0. The van der Waals surface area contributed by atoms with Gasteiger partial charge in [-0.25, -0.2) is 9.59 Å². The maximum absolute atomic E-state index is 9.55. The van der Waals surface area contributed by atoms with Gasteiger partial charge in [0, 0.05) is 30.7 Å². The molecule has 0 aromatic rings. The fourth-order valence-corrected chi connectivity index (χ4v) is 0.143. The largest absolute Gasteiger partial charge is 0.478 e. The van der Waals surface area contributed by atoms with Crippen LogP contribution in [-0.4, -0.2) is 22.2 Å². The van der Waals surface area contributed by atoms with Crippen LogP contribution in [0.3, 0.4) is 0 Å². The van der Waals surface area contributed by atoms with Crippen LogP contribution in [0, 0.1) is 0 Å². The van der Waals surface area contributed by atoms with Crippen LogP contribution in [0.25, 0.3) is 0 Å². The van der Waals surface area contributed by atoms with Gasteiger partial charge in [0.25, 0.3) is 0 Å². The van der Waals surface area contributed by atoms with E-state index in [2.05, 4.69) is 0 Å². The van der Waals surface area contributed by atoms with Crippen LogP contribution in [-0.2, 0) is 28.1 Å². The van der Waals surface area contributed by atoms with Crippen molar-refractivity contribution in [3.63, 3.8) is 0 Å². The molecule has 0 aromatic heterocycles. The number of carbonyl (C=O) groups is 2. The number of carboxylic acids is 2. The molecule has 49 valence electrons. The van der Waals surface area contributed by atoms with E-state index in [0.717, 1.165) is 0 Å². The summed E-state index contributed by atoms with van der Waals surface area (Å²) in [5.41, 5.74) is 0. The van der Waals surface area contributed by atoms with E-state index in [1.54, 1.807) is 0 Å². The van der Waals surface area contributed by atoms with E-state index in [9.17, 15) is 9.59 Å². The molecule has 0 saturated heterocycles. The van der Waals surface area contributed by atoms with Crippen LogP contribution in [0.5, 0.6) is 0 Å². The zero-order valence-corrected chi connectivity index (χ0v) is 5.71. The summed E-state index contributed by atoms with van der Waals surface area (Å²) in [5, 5.41) is 15.6. The van der Waals surface area contributed by atoms with Crippen molar-refractivity contribution in [1.82, 2.24) is 0 Å². The van der Waals surface area contributed by atoms with Crippen molar-refractivity contribution in [2.24, 2.45) is 0 Å². The van der Waals surface area contributed by atoms with Crippen molar-refractivity contribution in [2.45, 2.75) is 0 Å². The maximum Gasteiger partial charge on any atom is 0.328 e. The first-order chi connectivity index (χ1) is 3.63. The summed E-state index contributed by atoms with van der Waals surface area (Å²) in [4.78, 5) is 19.1. The summed E-state index contributed by atoms with van der Waals surface area (Å²) >= 11 is 0. The number of rotatable bonds is 2. The van der Waals surface area contributed by atoms with E-state index < -0.39 is 11.9 Å². The molecule has 0 aliphatic heterocycles. The van der Waals surface area contributed by atoms with Gasteiger partial charge in [0.15, 0.2) is 0 Å². The van der Waals surface area contributed by atoms with E-state index in [1.807, 2.05) is 0 Å². The van der Waals surface area contributed by atoms with Gasteiger partial charge >= 0.3 is 11.9 Å². The van der Waals surface area contributed by atoms with Crippen LogP contribution in [0.1, 0.15) is 0 Å². The summed E-state index contributed by atoms with van der Waals surface area (Å²) in [6.45, 7) is 0. The van der Waals surface area contributed by atoms with Gasteiger partial charge in [-0.3, -0.25) is 0 Å². The molecule has 9 heavy (non-hydrogen) atoms. The quantitative estimate of drug-likeness (QED) is 0.554. The summed E-state index contributed by atoms with van der Waals surface area (Å²) in [6, 6.07) is 0. The van der Waals surface area contributed by atoms with Crippen molar-refractivity contribution >= 4 is 11.9 Å². The predicted octanol–water partition coefficient (Wildman–Crippen LogP) is -0.291. The number of hydrogen-bond acceptors (Lipinski definition) is 2. The van der Waals surface area contributed by atoms with Gasteiger partial charge in [-0.2, -0.15) is 0 Å². The van der Waals surface area contributed by atoms with Gasteiger partial charge in [0.1, 0.15) is 0 Å². The zero-order chi connectivity index (χ0) is 6.57. The molecule has 0 rings (SSSR count). The van der Waals surface area contributed by atoms with Crippen LogP contribution in [0.15, 0.2) is 12.2 Å². The van der Waals surface area contributed by atoms with Gasteiger partial charge in [-0.05, 0) is 0 Å². The molecule has 0 atom stereocenters. The van der Waals surface area contributed by atoms with Crippen molar-refractivity contribution in [1.29, 1.82) is 0 Å². The second-order valence-electron chi connectivity index (χ2n) is 1.01. The first-order valence-electron chi connectivity index (χ1n) is 1.77. The van der Waals surface area contributed by atoms with Crippen molar-refractivity contribution < 1.29 is 38.4 Å². The fraction of sp³-hybridized carbons (Fsp3) is 0. The average molecular weight is 167 g/mol. The van der Waals surface area contributed by atoms with Gasteiger partial charge in [-0.1, -0.05) is 0 Å². The van der Waals surface area contributed by atoms with Crippen molar-refractivity contribution in [3.05, 3.63) is 12.2 Å². The van der Waals surface area contributed by atoms with Crippen molar-refractivity contribution in [3.8, 4) is 0 Å².